The van der Waals surface area contributed by atoms with E-state index in [4.69, 9.17) is 4.98 Å². The predicted molar refractivity (Wildman–Crippen MR) is 97.1 cm³/mol. The van der Waals surface area contributed by atoms with Gasteiger partial charge < -0.3 is 10.2 Å². The second-order valence-corrected chi connectivity index (χ2v) is 8.04. The van der Waals surface area contributed by atoms with Gasteiger partial charge in [-0.2, -0.15) is 0 Å². The highest BCUT2D eigenvalue weighted by atomic mass is 32.1. The van der Waals surface area contributed by atoms with Crippen LogP contribution in [-0.4, -0.2) is 41.3 Å². The predicted octanol–water partition coefficient (Wildman–Crippen LogP) is 2.82. The van der Waals surface area contributed by atoms with Crippen LogP contribution in [0.1, 0.15) is 57.2 Å². The maximum Gasteiger partial charge on any atom is 0.225 e. The van der Waals surface area contributed by atoms with Gasteiger partial charge in [0.25, 0.3) is 0 Å². The van der Waals surface area contributed by atoms with Crippen molar-refractivity contribution in [3.63, 3.8) is 0 Å². The number of thiazole rings is 1. The van der Waals surface area contributed by atoms with Crippen LogP contribution in [0.15, 0.2) is 5.38 Å². The molecule has 2 amide bonds. The summed E-state index contributed by atoms with van der Waals surface area (Å²) in [6.45, 7) is 9.98. The summed E-state index contributed by atoms with van der Waals surface area (Å²) in [6.07, 6.45) is 2.90. The molecule has 0 spiro atoms. The maximum absolute atomic E-state index is 12.2. The molecular weight excluding hydrogens is 322 g/mol. The lowest BCUT2D eigenvalue weighted by atomic mass is 9.97. The van der Waals surface area contributed by atoms with Crippen molar-refractivity contribution in [3.8, 4) is 0 Å². The SMILES string of the molecule is CC(C)C(=O)NCCc1csc([C@H]2CCCN(C(=O)C(C)C)C2)n1. The fourth-order valence-corrected chi connectivity index (χ4v) is 3.87. The number of likely N-dealkylation sites (tertiary alicyclic amines) is 1. The molecule has 0 radical (unpaired) electrons. The molecule has 1 aromatic rings. The molecule has 6 heteroatoms. The minimum Gasteiger partial charge on any atom is -0.355 e. The Morgan fingerprint density at radius 2 is 2.08 bits per heavy atom. The number of hydrogen-bond donors (Lipinski definition) is 1. The van der Waals surface area contributed by atoms with Crippen LogP contribution in [0.5, 0.6) is 0 Å². The van der Waals surface area contributed by atoms with Gasteiger partial charge >= 0.3 is 0 Å². The van der Waals surface area contributed by atoms with Crippen LogP contribution in [-0.2, 0) is 16.0 Å². The van der Waals surface area contributed by atoms with E-state index in [2.05, 4.69) is 10.7 Å². The molecule has 0 aliphatic carbocycles. The molecule has 1 saturated heterocycles. The molecule has 1 aromatic heterocycles. The Morgan fingerprint density at radius 1 is 1.33 bits per heavy atom. The molecule has 1 N–H and O–H groups in total. The first-order valence-electron chi connectivity index (χ1n) is 8.89. The zero-order valence-electron chi connectivity index (χ0n) is 15.2. The van der Waals surface area contributed by atoms with Crippen LogP contribution in [0.2, 0.25) is 0 Å². The number of piperidine rings is 1. The van der Waals surface area contributed by atoms with Crippen LogP contribution in [0, 0.1) is 11.8 Å². The van der Waals surface area contributed by atoms with Crippen molar-refractivity contribution in [1.29, 1.82) is 0 Å². The molecule has 24 heavy (non-hydrogen) atoms. The number of amides is 2. The van der Waals surface area contributed by atoms with E-state index in [9.17, 15) is 9.59 Å². The van der Waals surface area contributed by atoms with Gasteiger partial charge in [-0.25, -0.2) is 4.98 Å². The van der Waals surface area contributed by atoms with Crippen LogP contribution in [0.3, 0.4) is 0 Å². The molecule has 1 atom stereocenters. The standard InChI is InChI=1S/C18H29N3O2S/c1-12(2)16(22)19-8-7-15-11-24-17(20-15)14-6-5-9-21(10-14)18(23)13(3)4/h11-14H,5-10H2,1-4H3,(H,19,22)/t14-/m0/s1. The molecule has 134 valence electrons. The summed E-state index contributed by atoms with van der Waals surface area (Å²) in [5.41, 5.74) is 1.03. The highest BCUT2D eigenvalue weighted by Gasteiger charge is 2.27. The largest absolute Gasteiger partial charge is 0.355 e. The number of aromatic nitrogens is 1. The number of nitrogens with one attached hydrogen (secondary N) is 1. The molecule has 0 saturated carbocycles. The van der Waals surface area contributed by atoms with Gasteiger partial charge in [0.15, 0.2) is 0 Å². The van der Waals surface area contributed by atoms with Crippen LogP contribution < -0.4 is 5.32 Å². The van der Waals surface area contributed by atoms with Crippen LogP contribution in [0.4, 0.5) is 0 Å². The number of hydrogen-bond acceptors (Lipinski definition) is 4. The minimum absolute atomic E-state index is 0.0164. The topological polar surface area (TPSA) is 62.3 Å². The number of rotatable bonds is 6. The molecule has 2 heterocycles. The van der Waals surface area contributed by atoms with Crippen LogP contribution >= 0.6 is 11.3 Å². The Morgan fingerprint density at radius 3 is 2.75 bits per heavy atom. The van der Waals surface area contributed by atoms with Gasteiger partial charge in [0.1, 0.15) is 0 Å². The van der Waals surface area contributed by atoms with Gasteiger partial charge in [-0.1, -0.05) is 27.7 Å². The molecule has 0 aromatic carbocycles. The highest BCUT2D eigenvalue weighted by Crippen LogP contribution is 2.30. The Hall–Kier alpha value is -1.43. The van der Waals surface area contributed by atoms with Gasteiger partial charge in [0.2, 0.25) is 11.8 Å². The van der Waals surface area contributed by atoms with Gasteiger partial charge in [-0.05, 0) is 12.8 Å². The third-order valence-corrected chi connectivity index (χ3v) is 5.41. The number of carbonyl (C=O) groups excluding carboxylic acids is 2. The van der Waals surface area contributed by atoms with E-state index < -0.39 is 0 Å². The van der Waals surface area contributed by atoms with Crippen LogP contribution in [0.25, 0.3) is 0 Å². The Labute approximate surface area is 148 Å². The summed E-state index contributed by atoms with van der Waals surface area (Å²) < 4.78 is 0. The molecule has 1 aliphatic rings. The summed E-state index contributed by atoms with van der Waals surface area (Å²) in [6, 6.07) is 0. The van der Waals surface area contributed by atoms with E-state index >= 15 is 0 Å². The molecule has 0 unspecified atom stereocenters. The highest BCUT2D eigenvalue weighted by molar-refractivity contribution is 7.09. The molecular formula is C18H29N3O2S. The first-order chi connectivity index (χ1) is 11.4. The van der Waals surface area contributed by atoms with Gasteiger partial charge in [-0.3, -0.25) is 9.59 Å². The van der Waals surface area contributed by atoms with Crippen molar-refractivity contribution in [2.24, 2.45) is 11.8 Å². The average Bonchev–Trinajstić information content (AvgIpc) is 3.02. The van der Waals surface area contributed by atoms with E-state index in [1.807, 2.05) is 32.6 Å². The second-order valence-electron chi connectivity index (χ2n) is 7.15. The van der Waals surface area contributed by atoms with Gasteiger partial charge in [0.05, 0.1) is 10.7 Å². The Balaban J connectivity index is 1.88. The van der Waals surface area contributed by atoms with Crippen molar-refractivity contribution < 1.29 is 9.59 Å². The third kappa shape index (κ3) is 5.03. The van der Waals surface area contributed by atoms with Gasteiger partial charge in [0, 0.05) is 49.2 Å². The zero-order valence-corrected chi connectivity index (χ0v) is 16.0. The van der Waals surface area contributed by atoms with E-state index in [-0.39, 0.29) is 23.7 Å². The minimum atomic E-state index is 0.0164. The third-order valence-electron chi connectivity index (χ3n) is 4.35. The Bertz CT molecular complexity index is 568. The van der Waals surface area contributed by atoms with Crippen molar-refractivity contribution in [3.05, 3.63) is 16.1 Å². The molecule has 1 aliphatic heterocycles. The fraction of sp³-hybridized carbons (Fsp3) is 0.722. The fourth-order valence-electron chi connectivity index (χ4n) is 2.89. The smallest absolute Gasteiger partial charge is 0.225 e. The van der Waals surface area contributed by atoms with E-state index in [0.717, 1.165) is 43.1 Å². The van der Waals surface area contributed by atoms with Crippen molar-refractivity contribution >= 4 is 23.2 Å². The first kappa shape index (κ1) is 18.9. The van der Waals surface area contributed by atoms with E-state index in [0.29, 0.717) is 12.5 Å². The average molecular weight is 352 g/mol. The molecule has 5 nitrogen and oxygen atoms in total. The van der Waals surface area contributed by atoms with Gasteiger partial charge in [-0.15, -0.1) is 11.3 Å². The quantitative estimate of drug-likeness (QED) is 0.857. The lowest BCUT2D eigenvalue weighted by Gasteiger charge is -2.33. The molecule has 1 fully saturated rings. The zero-order chi connectivity index (χ0) is 17.7. The number of carbonyl (C=O) groups is 2. The molecule has 2 rings (SSSR count). The maximum atomic E-state index is 12.2. The summed E-state index contributed by atoms with van der Waals surface area (Å²) >= 11 is 1.68. The van der Waals surface area contributed by atoms with E-state index in [1.54, 1.807) is 11.3 Å². The first-order valence-corrected chi connectivity index (χ1v) is 9.77. The second kappa shape index (κ2) is 8.60. The summed E-state index contributed by atoms with van der Waals surface area (Å²) in [5.74, 6) is 0.752. The van der Waals surface area contributed by atoms with Crippen molar-refractivity contribution in [2.75, 3.05) is 19.6 Å². The summed E-state index contributed by atoms with van der Waals surface area (Å²) in [4.78, 5) is 30.5. The monoisotopic (exact) mass is 351 g/mol. The lowest BCUT2D eigenvalue weighted by Crippen LogP contribution is -2.41. The van der Waals surface area contributed by atoms with Crippen molar-refractivity contribution in [1.82, 2.24) is 15.2 Å². The van der Waals surface area contributed by atoms with E-state index in [1.165, 1.54) is 0 Å². The molecule has 0 bridgehead atoms. The number of nitrogens with zero attached hydrogens (tertiary/aromatic N) is 2. The van der Waals surface area contributed by atoms with Crippen molar-refractivity contribution in [2.45, 2.75) is 52.9 Å². The normalized spacial score (nSPS) is 18.2. The summed E-state index contributed by atoms with van der Waals surface area (Å²) in [5, 5.41) is 6.14. The summed E-state index contributed by atoms with van der Waals surface area (Å²) in [7, 11) is 0. The lowest BCUT2D eigenvalue weighted by molar-refractivity contribution is -0.135. The Kier molecular flexibility index (Phi) is 6.78.